The van der Waals surface area contributed by atoms with Crippen molar-refractivity contribution in [2.75, 3.05) is 37.4 Å². The molecule has 2 heterocycles. The van der Waals surface area contributed by atoms with E-state index in [9.17, 15) is 8.42 Å². The van der Waals surface area contributed by atoms with Crippen LogP contribution in [0.4, 0.5) is 11.5 Å². The third kappa shape index (κ3) is 3.99. The average molecular weight is 375 g/mol. The second kappa shape index (κ2) is 7.63. The molecule has 0 radical (unpaired) electrons. The fraction of sp³-hybridized carbons (Fsp3) is 0.421. The number of pyridine rings is 1. The van der Waals surface area contributed by atoms with Crippen LogP contribution in [0.2, 0.25) is 0 Å². The van der Waals surface area contributed by atoms with Crippen LogP contribution >= 0.6 is 0 Å². The number of hydrogen-bond acceptors (Lipinski definition) is 5. The van der Waals surface area contributed by atoms with Crippen LogP contribution in [-0.4, -0.2) is 44.9 Å². The number of hydrogen-bond donors (Lipinski definition) is 1. The summed E-state index contributed by atoms with van der Waals surface area (Å²) >= 11 is 0. The Morgan fingerprint density at radius 3 is 2.46 bits per heavy atom. The largest absolute Gasteiger partial charge is 0.378 e. The van der Waals surface area contributed by atoms with Crippen molar-refractivity contribution < 1.29 is 8.42 Å². The van der Waals surface area contributed by atoms with Crippen LogP contribution in [0.25, 0.3) is 0 Å². The molecule has 1 saturated heterocycles. The number of aromatic nitrogens is 1. The van der Waals surface area contributed by atoms with Crippen LogP contribution in [0.15, 0.2) is 41.4 Å². The van der Waals surface area contributed by atoms with Gasteiger partial charge in [0.25, 0.3) is 0 Å². The van der Waals surface area contributed by atoms with Crippen molar-refractivity contribution in [3.8, 4) is 0 Å². The van der Waals surface area contributed by atoms with Gasteiger partial charge in [0.05, 0.1) is 0 Å². The summed E-state index contributed by atoms with van der Waals surface area (Å²) in [4.78, 5) is 6.62. The summed E-state index contributed by atoms with van der Waals surface area (Å²) in [5, 5.41) is 3.27. The molecule has 0 saturated carbocycles. The summed E-state index contributed by atoms with van der Waals surface area (Å²) in [5.41, 5.74) is 3.56. The standard InChI is InChI=1S/C19H26N4O2S/c1-15-12-17(22(2)3)7-6-16(15)13-20-19-9-8-18(14-21-19)26(24,25)23-10-4-5-11-23/h6-9,12,14H,4-5,10-11,13H2,1-3H3,(H,20,21). The summed E-state index contributed by atoms with van der Waals surface area (Å²) in [6.45, 7) is 3.93. The Hall–Kier alpha value is -2.12. The molecule has 3 rings (SSSR count). The molecule has 6 nitrogen and oxygen atoms in total. The zero-order valence-electron chi connectivity index (χ0n) is 15.6. The van der Waals surface area contributed by atoms with E-state index in [4.69, 9.17) is 0 Å². The maximum absolute atomic E-state index is 12.5. The number of nitrogens with zero attached hydrogens (tertiary/aromatic N) is 3. The van der Waals surface area contributed by atoms with Crippen molar-refractivity contribution in [1.29, 1.82) is 0 Å². The Morgan fingerprint density at radius 1 is 1.15 bits per heavy atom. The van der Waals surface area contributed by atoms with E-state index in [1.807, 2.05) is 14.1 Å². The van der Waals surface area contributed by atoms with Crippen molar-refractivity contribution in [1.82, 2.24) is 9.29 Å². The average Bonchev–Trinajstić information content (AvgIpc) is 3.16. The van der Waals surface area contributed by atoms with Gasteiger partial charge in [0.15, 0.2) is 0 Å². The molecule has 7 heteroatoms. The van der Waals surface area contributed by atoms with Gasteiger partial charge in [-0.2, -0.15) is 4.31 Å². The van der Waals surface area contributed by atoms with Gasteiger partial charge in [0.1, 0.15) is 10.7 Å². The molecule has 1 aromatic heterocycles. The smallest absolute Gasteiger partial charge is 0.244 e. The highest BCUT2D eigenvalue weighted by Gasteiger charge is 2.27. The molecule has 26 heavy (non-hydrogen) atoms. The fourth-order valence-electron chi connectivity index (χ4n) is 3.06. The second-order valence-electron chi connectivity index (χ2n) is 6.85. The number of nitrogens with one attached hydrogen (secondary N) is 1. The second-order valence-corrected chi connectivity index (χ2v) is 8.79. The van der Waals surface area contributed by atoms with E-state index < -0.39 is 10.0 Å². The van der Waals surface area contributed by atoms with Crippen LogP contribution in [0.3, 0.4) is 0 Å². The lowest BCUT2D eigenvalue weighted by atomic mass is 10.1. The third-order valence-corrected chi connectivity index (χ3v) is 6.62. The van der Waals surface area contributed by atoms with E-state index in [0.717, 1.165) is 12.8 Å². The predicted molar refractivity (Wildman–Crippen MR) is 105 cm³/mol. The Bertz CT molecular complexity index is 858. The lowest BCUT2D eigenvalue weighted by molar-refractivity contribution is 0.477. The number of anilines is 2. The third-order valence-electron chi connectivity index (χ3n) is 4.74. The molecule has 0 spiro atoms. The molecule has 0 amide bonds. The first-order valence-corrected chi connectivity index (χ1v) is 10.3. The van der Waals surface area contributed by atoms with Crippen molar-refractivity contribution in [2.24, 2.45) is 0 Å². The van der Waals surface area contributed by atoms with Crippen LogP contribution < -0.4 is 10.2 Å². The molecule has 0 unspecified atom stereocenters. The Balaban J connectivity index is 1.66. The molecule has 1 aliphatic rings. The van der Waals surface area contributed by atoms with Gasteiger partial charge in [0.2, 0.25) is 10.0 Å². The Morgan fingerprint density at radius 2 is 1.88 bits per heavy atom. The number of benzene rings is 1. The van der Waals surface area contributed by atoms with E-state index in [2.05, 4.69) is 40.3 Å². The molecule has 1 fully saturated rings. The molecule has 2 aromatic rings. The van der Waals surface area contributed by atoms with Gasteiger partial charge in [-0.1, -0.05) is 6.07 Å². The summed E-state index contributed by atoms with van der Waals surface area (Å²) < 4.78 is 26.6. The van der Waals surface area contributed by atoms with Crippen LogP contribution in [0.1, 0.15) is 24.0 Å². The van der Waals surface area contributed by atoms with Crippen molar-refractivity contribution in [3.63, 3.8) is 0 Å². The highest BCUT2D eigenvalue weighted by atomic mass is 32.2. The molecule has 140 valence electrons. The Labute approximate surface area is 155 Å². The van der Waals surface area contributed by atoms with Gasteiger partial charge in [-0.05, 0) is 55.2 Å². The van der Waals surface area contributed by atoms with E-state index >= 15 is 0 Å². The Kier molecular flexibility index (Phi) is 5.48. The first kappa shape index (κ1) is 18.7. The quantitative estimate of drug-likeness (QED) is 0.842. The molecular weight excluding hydrogens is 348 g/mol. The van der Waals surface area contributed by atoms with Crippen molar-refractivity contribution in [3.05, 3.63) is 47.7 Å². The number of sulfonamides is 1. The van der Waals surface area contributed by atoms with Gasteiger partial charge in [0, 0.05) is 45.6 Å². The van der Waals surface area contributed by atoms with E-state index in [1.165, 1.54) is 27.3 Å². The topological polar surface area (TPSA) is 65.5 Å². The van der Waals surface area contributed by atoms with Crippen LogP contribution in [-0.2, 0) is 16.6 Å². The van der Waals surface area contributed by atoms with Crippen LogP contribution in [0.5, 0.6) is 0 Å². The lowest BCUT2D eigenvalue weighted by Crippen LogP contribution is -2.27. The molecule has 1 aromatic carbocycles. The molecule has 0 aliphatic carbocycles. The number of aryl methyl sites for hydroxylation is 1. The number of rotatable bonds is 6. The summed E-state index contributed by atoms with van der Waals surface area (Å²) in [7, 11) is 0.641. The predicted octanol–water partition coefficient (Wildman–Crippen LogP) is 2.85. The van der Waals surface area contributed by atoms with Crippen LogP contribution in [0, 0.1) is 6.92 Å². The van der Waals surface area contributed by atoms with Gasteiger partial charge in [-0.3, -0.25) is 0 Å². The van der Waals surface area contributed by atoms with Crippen molar-refractivity contribution in [2.45, 2.75) is 31.2 Å². The summed E-state index contributed by atoms with van der Waals surface area (Å²) in [5.74, 6) is 0.668. The maximum Gasteiger partial charge on any atom is 0.244 e. The first-order valence-electron chi connectivity index (χ1n) is 8.85. The monoisotopic (exact) mass is 374 g/mol. The molecule has 0 atom stereocenters. The lowest BCUT2D eigenvalue weighted by Gasteiger charge is -2.16. The zero-order chi connectivity index (χ0) is 18.7. The van der Waals surface area contributed by atoms with Gasteiger partial charge in [-0.15, -0.1) is 0 Å². The van der Waals surface area contributed by atoms with Crippen molar-refractivity contribution >= 4 is 21.5 Å². The highest BCUT2D eigenvalue weighted by Crippen LogP contribution is 2.22. The van der Waals surface area contributed by atoms with E-state index in [-0.39, 0.29) is 4.90 Å². The minimum Gasteiger partial charge on any atom is -0.378 e. The zero-order valence-corrected chi connectivity index (χ0v) is 16.4. The SMILES string of the molecule is Cc1cc(N(C)C)ccc1CNc1ccc(S(=O)(=O)N2CCCC2)cn1. The molecular formula is C19H26N4O2S. The summed E-state index contributed by atoms with van der Waals surface area (Å²) in [6, 6.07) is 9.70. The summed E-state index contributed by atoms with van der Waals surface area (Å²) in [6.07, 6.45) is 3.30. The molecule has 0 bridgehead atoms. The molecule has 1 N–H and O–H groups in total. The normalized spacial score (nSPS) is 15.2. The van der Waals surface area contributed by atoms with E-state index in [1.54, 1.807) is 12.1 Å². The van der Waals surface area contributed by atoms with Gasteiger partial charge < -0.3 is 10.2 Å². The maximum atomic E-state index is 12.5. The minimum atomic E-state index is -3.40. The first-order chi connectivity index (χ1) is 12.4. The molecule has 1 aliphatic heterocycles. The van der Waals surface area contributed by atoms with Gasteiger partial charge >= 0.3 is 0 Å². The minimum absolute atomic E-state index is 0.261. The fourth-order valence-corrected chi connectivity index (χ4v) is 4.52. The van der Waals surface area contributed by atoms with Gasteiger partial charge in [-0.25, -0.2) is 13.4 Å². The van der Waals surface area contributed by atoms with E-state index in [0.29, 0.717) is 25.5 Å². The highest BCUT2D eigenvalue weighted by molar-refractivity contribution is 7.89.